The third kappa shape index (κ3) is 4.03. The first-order valence-corrected chi connectivity index (χ1v) is 10.0. The number of hydrogen-bond donors (Lipinski definition) is 0. The molecule has 1 amide bonds. The highest BCUT2D eigenvalue weighted by atomic mass is 16.7. The largest absolute Gasteiger partial charge is 0.454 e. The van der Waals surface area contributed by atoms with Gasteiger partial charge in [-0.3, -0.25) is 9.69 Å². The zero-order chi connectivity index (χ0) is 19.3. The lowest BCUT2D eigenvalue weighted by Crippen LogP contribution is -2.42. The average Bonchev–Trinajstić information content (AvgIpc) is 3.21. The van der Waals surface area contributed by atoms with Crippen molar-refractivity contribution >= 4 is 11.7 Å². The summed E-state index contributed by atoms with van der Waals surface area (Å²) in [4.78, 5) is 19.7. The molecule has 4 rings (SSSR count). The summed E-state index contributed by atoms with van der Waals surface area (Å²) in [5, 5.41) is 0. The number of allylic oxidation sites excluding steroid dienone is 1. The Kier molecular flexibility index (Phi) is 5.60. The van der Waals surface area contributed by atoms with E-state index in [-0.39, 0.29) is 18.7 Å². The van der Waals surface area contributed by atoms with E-state index in [9.17, 15) is 4.79 Å². The number of amides is 1. The monoisotopic (exact) mass is 378 g/mol. The predicted octanol–water partition coefficient (Wildman–Crippen LogP) is 4.67. The first-order valence-electron chi connectivity index (χ1n) is 10.0. The number of rotatable bonds is 5. The van der Waals surface area contributed by atoms with Crippen LogP contribution in [0.2, 0.25) is 0 Å². The van der Waals surface area contributed by atoms with Gasteiger partial charge in [-0.25, -0.2) is 4.98 Å². The van der Waals surface area contributed by atoms with Crippen LogP contribution < -0.4 is 14.4 Å². The van der Waals surface area contributed by atoms with Crippen LogP contribution in [-0.2, 0) is 11.2 Å². The standard InChI is InChI=1S/C23H26N2O3/c1-17(10-11-18-12-13-20-21(15-18)28-16-27-20)23(26)25(19-7-3-2-4-8-19)22-9-5-6-14-24-22/h5-6,9-10,12-15,19H,2-4,7-8,11,16H2,1H3/b17-10+. The Labute approximate surface area is 166 Å². The average molecular weight is 378 g/mol. The molecule has 0 spiro atoms. The molecule has 1 aromatic carbocycles. The molecule has 0 saturated heterocycles. The second kappa shape index (κ2) is 8.46. The molecular formula is C23H26N2O3. The van der Waals surface area contributed by atoms with Gasteiger partial charge in [0.2, 0.25) is 6.79 Å². The van der Waals surface area contributed by atoms with Crippen LogP contribution in [0.1, 0.15) is 44.6 Å². The molecule has 146 valence electrons. The number of carbonyl (C=O) groups is 1. The minimum atomic E-state index is 0.0475. The first kappa shape index (κ1) is 18.5. The smallest absolute Gasteiger partial charge is 0.255 e. The minimum absolute atomic E-state index is 0.0475. The van der Waals surface area contributed by atoms with E-state index in [0.717, 1.165) is 41.3 Å². The van der Waals surface area contributed by atoms with Crippen molar-refractivity contribution in [1.82, 2.24) is 4.98 Å². The Balaban J connectivity index is 1.52. The van der Waals surface area contributed by atoms with E-state index in [1.807, 2.05) is 54.3 Å². The molecule has 1 fully saturated rings. The van der Waals surface area contributed by atoms with E-state index in [1.165, 1.54) is 19.3 Å². The minimum Gasteiger partial charge on any atom is -0.454 e. The molecule has 1 saturated carbocycles. The summed E-state index contributed by atoms with van der Waals surface area (Å²) in [6.45, 7) is 2.17. The molecular weight excluding hydrogens is 352 g/mol. The van der Waals surface area contributed by atoms with Gasteiger partial charge < -0.3 is 9.47 Å². The van der Waals surface area contributed by atoms with Gasteiger partial charge in [0.15, 0.2) is 11.5 Å². The number of fused-ring (bicyclic) bond motifs is 1. The molecule has 1 aliphatic carbocycles. The summed E-state index contributed by atoms with van der Waals surface area (Å²) in [5.41, 5.74) is 1.84. The van der Waals surface area contributed by atoms with Crippen LogP contribution in [0.4, 0.5) is 5.82 Å². The zero-order valence-electron chi connectivity index (χ0n) is 16.3. The van der Waals surface area contributed by atoms with Crippen molar-refractivity contribution in [2.24, 2.45) is 0 Å². The number of aromatic nitrogens is 1. The molecule has 0 radical (unpaired) electrons. The van der Waals surface area contributed by atoms with Gasteiger partial charge in [0.1, 0.15) is 5.82 Å². The van der Waals surface area contributed by atoms with Crippen LogP contribution in [-0.4, -0.2) is 23.7 Å². The van der Waals surface area contributed by atoms with Gasteiger partial charge in [-0.1, -0.05) is 37.5 Å². The van der Waals surface area contributed by atoms with Crippen molar-refractivity contribution in [3.05, 3.63) is 59.8 Å². The Morgan fingerprint density at radius 1 is 1.14 bits per heavy atom. The van der Waals surface area contributed by atoms with Crippen molar-refractivity contribution in [2.75, 3.05) is 11.7 Å². The molecule has 2 heterocycles. The first-order chi connectivity index (χ1) is 13.7. The third-order valence-corrected chi connectivity index (χ3v) is 5.47. The van der Waals surface area contributed by atoms with Gasteiger partial charge in [-0.2, -0.15) is 0 Å². The van der Waals surface area contributed by atoms with Gasteiger partial charge in [0, 0.05) is 17.8 Å². The highest BCUT2D eigenvalue weighted by Gasteiger charge is 2.28. The molecule has 28 heavy (non-hydrogen) atoms. The van der Waals surface area contributed by atoms with E-state index in [1.54, 1.807) is 6.20 Å². The maximum Gasteiger partial charge on any atom is 0.255 e. The summed E-state index contributed by atoms with van der Waals surface area (Å²) in [7, 11) is 0. The number of benzene rings is 1. The maximum absolute atomic E-state index is 13.3. The van der Waals surface area contributed by atoms with Crippen molar-refractivity contribution in [1.29, 1.82) is 0 Å². The van der Waals surface area contributed by atoms with Gasteiger partial charge >= 0.3 is 0 Å². The van der Waals surface area contributed by atoms with Crippen molar-refractivity contribution in [3.8, 4) is 11.5 Å². The molecule has 0 bridgehead atoms. The molecule has 5 nitrogen and oxygen atoms in total. The number of nitrogens with zero attached hydrogens (tertiary/aromatic N) is 2. The van der Waals surface area contributed by atoms with Gasteiger partial charge in [-0.15, -0.1) is 0 Å². The van der Waals surface area contributed by atoms with Crippen molar-refractivity contribution < 1.29 is 14.3 Å². The van der Waals surface area contributed by atoms with E-state index in [4.69, 9.17) is 9.47 Å². The van der Waals surface area contributed by atoms with Crippen molar-refractivity contribution in [3.63, 3.8) is 0 Å². The molecule has 2 aromatic rings. The maximum atomic E-state index is 13.3. The van der Waals surface area contributed by atoms with Gasteiger partial charge in [0.25, 0.3) is 5.91 Å². The number of hydrogen-bond acceptors (Lipinski definition) is 4. The third-order valence-electron chi connectivity index (χ3n) is 5.47. The van der Waals surface area contributed by atoms with Crippen LogP contribution in [0.25, 0.3) is 0 Å². The number of ether oxygens (including phenoxy) is 2. The topological polar surface area (TPSA) is 51.7 Å². The molecule has 0 atom stereocenters. The Morgan fingerprint density at radius 2 is 1.96 bits per heavy atom. The Hall–Kier alpha value is -2.82. The normalized spacial score (nSPS) is 16.8. The van der Waals surface area contributed by atoms with Crippen LogP contribution >= 0.6 is 0 Å². The molecule has 5 heteroatoms. The predicted molar refractivity (Wildman–Crippen MR) is 109 cm³/mol. The van der Waals surface area contributed by atoms with E-state index >= 15 is 0 Å². The lowest BCUT2D eigenvalue weighted by molar-refractivity contribution is -0.115. The van der Waals surface area contributed by atoms with E-state index in [0.29, 0.717) is 6.42 Å². The molecule has 1 aliphatic heterocycles. The summed E-state index contributed by atoms with van der Waals surface area (Å²) in [5.74, 6) is 2.34. The number of pyridine rings is 1. The lowest BCUT2D eigenvalue weighted by atomic mass is 9.93. The summed E-state index contributed by atoms with van der Waals surface area (Å²) < 4.78 is 10.8. The van der Waals surface area contributed by atoms with Crippen molar-refractivity contribution in [2.45, 2.75) is 51.5 Å². The Bertz CT molecular complexity index is 857. The SMILES string of the molecule is C/C(=C\Cc1ccc2c(c1)OCO2)C(=O)N(c1ccccn1)C1CCCCC1. The molecule has 0 unspecified atom stereocenters. The highest BCUT2D eigenvalue weighted by molar-refractivity contribution is 6.05. The quantitative estimate of drug-likeness (QED) is 0.710. The van der Waals surface area contributed by atoms with E-state index in [2.05, 4.69) is 4.98 Å². The fraction of sp³-hybridized carbons (Fsp3) is 0.391. The van der Waals surface area contributed by atoms with Crippen LogP contribution in [0.5, 0.6) is 11.5 Å². The van der Waals surface area contributed by atoms with Crippen LogP contribution in [0.15, 0.2) is 54.2 Å². The number of anilines is 1. The molecule has 0 N–H and O–H groups in total. The lowest BCUT2D eigenvalue weighted by Gasteiger charge is -2.33. The zero-order valence-corrected chi connectivity index (χ0v) is 16.3. The fourth-order valence-electron chi connectivity index (χ4n) is 3.91. The van der Waals surface area contributed by atoms with Gasteiger partial charge in [0.05, 0.1) is 0 Å². The second-order valence-electron chi connectivity index (χ2n) is 7.43. The summed E-state index contributed by atoms with van der Waals surface area (Å²) >= 11 is 0. The molecule has 2 aliphatic rings. The number of carbonyl (C=O) groups excluding carboxylic acids is 1. The second-order valence-corrected chi connectivity index (χ2v) is 7.43. The van der Waals surface area contributed by atoms with Gasteiger partial charge in [-0.05, 0) is 56.0 Å². The summed E-state index contributed by atoms with van der Waals surface area (Å²) in [6, 6.07) is 11.9. The highest BCUT2D eigenvalue weighted by Crippen LogP contribution is 2.33. The fourth-order valence-corrected chi connectivity index (χ4v) is 3.91. The van der Waals surface area contributed by atoms with E-state index < -0.39 is 0 Å². The Morgan fingerprint density at radius 3 is 2.75 bits per heavy atom. The molecule has 1 aromatic heterocycles. The van der Waals surface area contributed by atoms with Crippen LogP contribution in [0, 0.1) is 0 Å². The van der Waals surface area contributed by atoms with Crippen LogP contribution in [0.3, 0.4) is 0 Å². The summed E-state index contributed by atoms with van der Waals surface area (Å²) in [6.07, 6.45) is 10.1.